The van der Waals surface area contributed by atoms with Crippen LogP contribution < -0.4 is 10.1 Å². The highest BCUT2D eigenvalue weighted by Gasteiger charge is 2.06. The number of thioether (sulfide) groups is 1. The number of rotatable bonds is 7. The number of benzene rings is 1. The number of nitrogens with zero attached hydrogens (tertiary/aromatic N) is 1. The third kappa shape index (κ3) is 5.03. The molecule has 0 atom stereocenters. The number of amides is 1. The van der Waals surface area contributed by atoms with Gasteiger partial charge in [-0.25, -0.2) is 4.98 Å². The molecule has 0 radical (unpaired) electrons. The first-order valence-corrected chi connectivity index (χ1v) is 8.85. The van der Waals surface area contributed by atoms with Gasteiger partial charge in [-0.15, -0.1) is 23.1 Å². The van der Waals surface area contributed by atoms with E-state index in [1.54, 1.807) is 18.4 Å². The molecule has 1 N–H and O–H groups in total. The smallest absolute Gasteiger partial charge is 0.230 e. The summed E-state index contributed by atoms with van der Waals surface area (Å²) in [4.78, 5) is 18.6. The van der Waals surface area contributed by atoms with Crippen LogP contribution in [0.25, 0.3) is 0 Å². The Morgan fingerprint density at radius 2 is 2.23 bits per heavy atom. The number of hydrogen-bond acceptors (Lipinski definition) is 5. The van der Waals surface area contributed by atoms with Gasteiger partial charge in [0.25, 0.3) is 0 Å². The summed E-state index contributed by atoms with van der Waals surface area (Å²) in [6, 6.07) is 7.72. The second kappa shape index (κ2) is 8.19. The minimum atomic E-state index is 0.0396. The van der Waals surface area contributed by atoms with Crippen molar-refractivity contribution in [3.63, 3.8) is 0 Å². The summed E-state index contributed by atoms with van der Waals surface area (Å²) in [6.45, 7) is 4.71. The highest BCUT2D eigenvalue weighted by Crippen LogP contribution is 2.22. The Balaban J connectivity index is 1.71. The summed E-state index contributed by atoms with van der Waals surface area (Å²) >= 11 is 3.20. The third-order valence-electron chi connectivity index (χ3n) is 3.14. The van der Waals surface area contributed by atoms with Gasteiger partial charge in [0.2, 0.25) is 5.91 Å². The third-order valence-corrected chi connectivity index (χ3v) is 5.27. The van der Waals surface area contributed by atoms with Crippen LogP contribution in [0.4, 0.5) is 0 Å². The van der Waals surface area contributed by atoms with Crippen LogP contribution in [0.2, 0.25) is 0 Å². The summed E-state index contributed by atoms with van der Waals surface area (Å²) in [5.41, 5.74) is 1.08. The van der Waals surface area contributed by atoms with Crippen molar-refractivity contribution in [1.29, 1.82) is 0 Å². The fourth-order valence-electron chi connectivity index (χ4n) is 1.85. The largest absolute Gasteiger partial charge is 0.497 e. The fourth-order valence-corrected chi connectivity index (χ4v) is 3.55. The molecule has 4 nitrogen and oxygen atoms in total. The van der Waals surface area contributed by atoms with E-state index in [9.17, 15) is 4.79 Å². The molecule has 0 fully saturated rings. The van der Waals surface area contributed by atoms with Crippen molar-refractivity contribution in [2.45, 2.75) is 25.2 Å². The lowest BCUT2D eigenvalue weighted by Crippen LogP contribution is -2.27. The van der Waals surface area contributed by atoms with Crippen LogP contribution in [0.3, 0.4) is 0 Å². The minimum Gasteiger partial charge on any atom is -0.497 e. The van der Waals surface area contributed by atoms with Crippen LogP contribution in [-0.2, 0) is 11.2 Å². The van der Waals surface area contributed by atoms with Crippen molar-refractivity contribution in [2.24, 2.45) is 0 Å². The van der Waals surface area contributed by atoms with Gasteiger partial charge in [-0.1, -0.05) is 6.07 Å². The fraction of sp³-hybridized carbons (Fsp3) is 0.375. The molecule has 1 aromatic heterocycles. The molecule has 0 unspecified atom stereocenters. The van der Waals surface area contributed by atoms with Crippen LogP contribution >= 0.6 is 23.1 Å². The predicted octanol–water partition coefficient (Wildman–Crippen LogP) is 3.22. The lowest BCUT2D eigenvalue weighted by molar-refractivity contribution is -0.118. The summed E-state index contributed by atoms with van der Waals surface area (Å²) in [5.74, 6) is 1.25. The predicted molar refractivity (Wildman–Crippen MR) is 92.0 cm³/mol. The Morgan fingerprint density at radius 3 is 2.91 bits per heavy atom. The zero-order valence-electron chi connectivity index (χ0n) is 13.0. The maximum Gasteiger partial charge on any atom is 0.230 e. The molecule has 1 aromatic carbocycles. The molecule has 0 saturated heterocycles. The maximum absolute atomic E-state index is 11.9. The SMILES string of the molecule is COc1cccc(SCC(=O)NCCc2nc(C)c(C)s2)c1. The van der Waals surface area contributed by atoms with E-state index in [2.05, 4.69) is 17.2 Å². The molecule has 0 aliphatic rings. The van der Waals surface area contributed by atoms with E-state index >= 15 is 0 Å². The zero-order chi connectivity index (χ0) is 15.9. The van der Waals surface area contributed by atoms with Crippen molar-refractivity contribution in [3.8, 4) is 5.75 Å². The average Bonchev–Trinajstić information content (AvgIpc) is 2.84. The molecule has 0 saturated carbocycles. The van der Waals surface area contributed by atoms with Gasteiger partial charge in [-0.3, -0.25) is 4.79 Å². The van der Waals surface area contributed by atoms with E-state index < -0.39 is 0 Å². The molecule has 0 aliphatic heterocycles. The summed E-state index contributed by atoms with van der Waals surface area (Å²) in [5, 5.41) is 4.01. The summed E-state index contributed by atoms with van der Waals surface area (Å²) in [7, 11) is 1.64. The lowest BCUT2D eigenvalue weighted by atomic mass is 10.3. The Hall–Kier alpha value is -1.53. The quantitative estimate of drug-likeness (QED) is 0.789. The van der Waals surface area contributed by atoms with Gasteiger partial charge in [-0.2, -0.15) is 0 Å². The minimum absolute atomic E-state index is 0.0396. The van der Waals surface area contributed by atoms with E-state index in [0.29, 0.717) is 12.3 Å². The molecule has 0 bridgehead atoms. The Morgan fingerprint density at radius 1 is 1.41 bits per heavy atom. The maximum atomic E-state index is 11.9. The van der Waals surface area contributed by atoms with Crippen LogP contribution in [0.5, 0.6) is 5.75 Å². The molecule has 22 heavy (non-hydrogen) atoms. The van der Waals surface area contributed by atoms with Crippen molar-refractivity contribution in [3.05, 3.63) is 39.8 Å². The second-order valence-electron chi connectivity index (χ2n) is 4.82. The molecule has 118 valence electrons. The first-order valence-electron chi connectivity index (χ1n) is 7.05. The van der Waals surface area contributed by atoms with Crippen LogP contribution in [-0.4, -0.2) is 30.3 Å². The number of ether oxygens (including phenoxy) is 1. The molecule has 2 rings (SSSR count). The Kier molecular flexibility index (Phi) is 6.27. The molecule has 2 aromatic rings. The van der Waals surface area contributed by atoms with Gasteiger partial charge < -0.3 is 10.1 Å². The molecular formula is C16H20N2O2S2. The number of carbonyl (C=O) groups excluding carboxylic acids is 1. The Bertz CT molecular complexity index is 621. The number of hydrogen-bond donors (Lipinski definition) is 1. The molecule has 0 spiro atoms. The second-order valence-corrected chi connectivity index (χ2v) is 7.15. The standard InChI is InChI=1S/C16H20N2O2S2/c1-11-12(2)22-16(18-11)7-8-17-15(19)10-21-14-6-4-5-13(9-14)20-3/h4-6,9H,7-8,10H2,1-3H3,(H,17,19). The lowest BCUT2D eigenvalue weighted by Gasteiger charge is -2.05. The van der Waals surface area contributed by atoms with E-state index in [-0.39, 0.29) is 5.91 Å². The van der Waals surface area contributed by atoms with E-state index in [0.717, 1.165) is 27.8 Å². The summed E-state index contributed by atoms with van der Waals surface area (Å²) in [6.07, 6.45) is 0.787. The topological polar surface area (TPSA) is 51.2 Å². The zero-order valence-corrected chi connectivity index (χ0v) is 14.6. The van der Waals surface area contributed by atoms with Crippen molar-refractivity contribution >= 4 is 29.0 Å². The monoisotopic (exact) mass is 336 g/mol. The van der Waals surface area contributed by atoms with Crippen molar-refractivity contribution < 1.29 is 9.53 Å². The van der Waals surface area contributed by atoms with Crippen LogP contribution in [0.15, 0.2) is 29.2 Å². The molecular weight excluding hydrogens is 316 g/mol. The van der Waals surface area contributed by atoms with E-state index in [4.69, 9.17) is 4.74 Å². The molecule has 6 heteroatoms. The number of methoxy groups -OCH3 is 1. The number of carbonyl (C=O) groups is 1. The van der Waals surface area contributed by atoms with Gasteiger partial charge in [0, 0.05) is 22.7 Å². The average molecular weight is 336 g/mol. The van der Waals surface area contributed by atoms with Gasteiger partial charge in [0.05, 0.1) is 23.6 Å². The molecule has 1 amide bonds. The van der Waals surface area contributed by atoms with Gasteiger partial charge in [-0.05, 0) is 32.0 Å². The number of aryl methyl sites for hydroxylation is 2. The Labute approximate surface area is 139 Å². The highest BCUT2D eigenvalue weighted by atomic mass is 32.2. The van der Waals surface area contributed by atoms with Gasteiger partial charge in [0.15, 0.2) is 0 Å². The number of aromatic nitrogens is 1. The van der Waals surface area contributed by atoms with Gasteiger partial charge in [0.1, 0.15) is 5.75 Å². The van der Waals surface area contributed by atoms with Crippen LogP contribution in [0.1, 0.15) is 15.6 Å². The first-order chi connectivity index (χ1) is 10.6. The first kappa shape index (κ1) is 16.8. The number of thiazole rings is 1. The molecule has 0 aliphatic carbocycles. The van der Waals surface area contributed by atoms with Crippen molar-refractivity contribution in [2.75, 3.05) is 19.4 Å². The van der Waals surface area contributed by atoms with Crippen LogP contribution in [0, 0.1) is 13.8 Å². The normalized spacial score (nSPS) is 10.5. The molecule has 1 heterocycles. The van der Waals surface area contributed by atoms with E-state index in [1.165, 1.54) is 16.6 Å². The van der Waals surface area contributed by atoms with Crippen molar-refractivity contribution in [1.82, 2.24) is 10.3 Å². The van der Waals surface area contributed by atoms with E-state index in [1.807, 2.05) is 31.2 Å². The number of nitrogens with one attached hydrogen (secondary N) is 1. The summed E-state index contributed by atoms with van der Waals surface area (Å²) < 4.78 is 5.17. The van der Waals surface area contributed by atoms with Gasteiger partial charge >= 0.3 is 0 Å². The highest BCUT2D eigenvalue weighted by molar-refractivity contribution is 8.00.